The van der Waals surface area contributed by atoms with Crippen molar-refractivity contribution in [3.05, 3.63) is 42.1 Å². The van der Waals surface area contributed by atoms with Crippen molar-refractivity contribution in [3.8, 4) is 11.1 Å². The summed E-state index contributed by atoms with van der Waals surface area (Å²) in [6.45, 7) is 1.41. The van der Waals surface area contributed by atoms with Gasteiger partial charge in [-0.2, -0.15) is 24.9 Å². The highest BCUT2D eigenvalue weighted by Gasteiger charge is 2.32. The first kappa shape index (κ1) is 19.0. The van der Waals surface area contributed by atoms with Crippen molar-refractivity contribution in [1.82, 2.24) is 4.98 Å². The van der Waals surface area contributed by atoms with Gasteiger partial charge in [0.15, 0.2) is 9.84 Å². The number of halogens is 3. The smallest absolute Gasteiger partial charge is 0.354 e. The average Bonchev–Trinajstić information content (AvgIpc) is 2.60. The second-order valence-corrected chi connectivity index (χ2v) is 9.23. The summed E-state index contributed by atoms with van der Waals surface area (Å²) in [5.41, 5.74) is 0.0332. The highest BCUT2D eigenvalue weighted by atomic mass is 32.2. The Balaban J connectivity index is 2.09. The number of rotatable bonds is 3. The van der Waals surface area contributed by atoms with Crippen molar-refractivity contribution in [2.45, 2.75) is 11.1 Å². The Hall–Kier alpha value is -1.74. The molecule has 1 saturated heterocycles. The van der Waals surface area contributed by atoms with Crippen molar-refractivity contribution in [3.63, 3.8) is 0 Å². The lowest BCUT2D eigenvalue weighted by molar-refractivity contribution is -0.137. The fourth-order valence-electron chi connectivity index (χ4n) is 2.73. The van der Waals surface area contributed by atoms with E-state index in [0.717, 1.165) is 30.0 Å². The summed E-state index contributed by atoms with van der Waals surface area (Å²) in [5.74, 6) is 2.26. The molecule has 0 radical (unpaired) electrons. The van der Waals surface area contributed by atoms with Gasteiger partial charge in [-0.05, 0) is 23.8 Å². The molecule has 2 heterocycles. The first-order chi connectivity index (χ1) is 12.2. The molecule has 9 heteroatoms. The van der Waals surface area contributed by atoms with E-state index in [1.165, 1.54) is 24.3 Å². The normalized spacial score (nSPS) is 15.9. The van der Waals surface area contributed by atoms with E-state index < -0.39 is 21.6 Å². The summed E-state index contributed by atoms with van der Waals surface area (Å²) in [7, 11) is -3.37. The summed E-state index contributed by atoms with van der Waals surface area (Å²) in [6.07, 6.45) is -2.55. The van der Waals surface area contributed by atoms with Gasteiger partial charge in [-0.15, -0.1) is 0 Å². The molecule has 0 aliphatic carbocycles. The molecule has 0 bridgehead atoms. The number of alkyl halides is 3. The quantitative estimate of drug-likeness (QED) is 0.783. The SMILES string of the molecule is CS(=O)(=O)c1ccc(-c2cc(C(F)(F)F)cnc2N2CCSCC2)cc1. The largest absolute Gasteiger partial charge is 0.417 e. The van der Waals surface area contributed by atoms with Gasteiger partial charge in [0.25, 0.3) is 0 Å². The van der Waals surface area contributed by atoms with Crippen LogP contribution in [0.2, 0.25) is 0 Å². The van der Waals surface area contributed by atoms with Gasteiger partial charge in [0.1, 0.15) is 5.82 Å². The number of benzene rings is 1. The number of thioether (sulfide) groups is 1. The monoisotopic (exact) mass is 402 g/mol. The zero-order valence-corrected chi connectivity index (χ0v) is 15.6. The maximum atomic E-state index is 13.1. The number of nitrogens with zero attached hydrogens (tertiary/aromatic N) is 2. The Morgan fingerprint density at radius 3 is 2.27 bits per heavy atom. The molecule has 1 fully saturated rings. The van der Waals surface area contributed by atoms with Crippen LogP contribution in [0.4, 0.5) is 19.0 Å². The van der Waals surface area contributed by atoms with Crippen LogP contribution in [-0.2, 0) is 16.0 Å². The predicted molar refractivity (Wildman–Crippen MR) is 97.3 cm³/mol. The molecule has 2 aromatic rings. The topological polar surface area (TPSA) is 50.3 Å². The van der Waals surface area contributed by atoms with Gasteiger partial charge >= 0.3 is 6.18 Å². The van der Waals surface area contributed by atoms with Gasteiger partial charge in [0, 0.05) is 42.6 Å². The summed E-state index contributed by atoms with van der Waals surface area (Å²) in [5, 5.41) is 0. The van der Waals surface area contributed by atoms with Crippen LogP contribution in [-0.4, -0.2) is 44.3 Å². The molecular weight excluding hydrogens is 385 g/mol. The van der Waals surface area contributed by atoms with Crippen LogP contribution in [0.3, 0.4) is 0 Å². The molecule has 0 N–H and O–H groups in total. The molecule has 140 valence electrons. The van der Waals surface area contributed by atoms with E-state index in [-0.39, 0.29) is 4.90 Å². The Morgan fingerprint density at radius 2 is 1.73 bits per heavy atom. The van der Waals surface area contributed by atoms with Crippen LogP contribution in [0.5, 0.6) is 0 Å². The van der Waals surface area contributed by atoms with E-state index in [1.54, 1.807) is 11.8 Å². The van der Waals surface area contributed by atoms with Crippen LogP contribution >= 0.6 is 11.8 Å². The van der Waals surface area contributed by atoms with E-state index in [9.17, 15) is 21.6 Å². The molecule has 26 heavy (non-hydrogen) atoms. The Labute approximate surface area is 154 Å². The minimum absolute atomic E-state index is 0.122. The number of hydrogen-bond donors (Lipinski definition) is 0. The van der Waals surface area contributed by atoms with Crippen LogP contribution < -0.4 is 4.90 Å². The lowest BCUT2D eigenvalue weighted by Gasteiger charge is -2.29. The molecule has 0 spiro atoms. The molecule has 0 unspecified atom stereocenters. The first-order valence-corrected chi connectivity index (χ1v) is 10.9. The molecule has 0 saturated carbocycles. The third kappa shape index (κ3) is 4.15. The second-order valence-electron chi connectivity index (χ2n) is 5.99. The number of hydrogen-bond acceptors (Lipinski definition) is 5. The van der Waals surface area contributed by atoms with Crippen molar-refractivity contribution in [2.24, 2.45) is 0 Å². The number of anilines is 1. The van der Waals surface area contributed by atoms with Gasteiger partial charge < -0.3 is 4.90 Å². The summed E-state index contributed by atoms with van der Waals surface area (Å²) < 4.78 is 62.6. The lowest BCUT2D eigenvalue weighted by Crippen LogP contribution is -2.33. The third-order valence-corrected chi connectivity index (χ3v) is 6.17. The molecule has 0 amide bonds. The second kappa shape index (κ2) is 7.11. The van der Waals surface area contributed by atoms with Crippen LogP contribution in [0.1, 0.15) is 5.56 Å². The van der Waals surface area contributed by atoms with Crippen molar-refractivity contribution in [1.29, 1.82) is 0 Å². The average molecular weight is 402 g/mol. The zero-order chi connectivity index (χ0) is 18.9. The van der Waals surface area contributed by atoms with Crippen molar-refractivity contribution in [2.75, 3.05) is 35.8 Å². The zero-order valence-electron chi connectivity index (χ0n) is 14.0. The van der Waals surface area contributed by atoms with E-state index >= 15 is 0 Å². The standard InChI is InChI=1S/C17H17F3N2O2S2/c1-26(23,24)14-4-2-12(3-5-14)15-10-13(17(18,19)20)11-21-16(15)22-6-8-25-9-7-22/h2-5,10-11H,6-9H2,1H3. The van der Waals surface area contributed by atoms with Crippen LogP contribution in [0, 0.1) is 0 Å². The van der Waals surface area contributed by atoms with Crippen molar-refractivity contribution >= 4 is 27.4 Å². The molecule has 1 aromatic heterocycles. The van der Waals surface area contributed by atoms with E-state index in [1.807, 2.05) is 4.90 Å². The number of pyridine rings is 1. The fourth-order valence-corrected chi connectivity index (χ4v) is 4.27. The maximum absolute atomic E-state index is 13.1. The van der Waals surface area contributed by atoms with Crippen LogP contribution in [0.15, 0.2) is 41.4 Å². The van der Waals surface area contributed by atoms with E-state index in [2.05, 4.69) is 4.98 Å². The minimum Gasteiger partial charge on any atom is -0.354 e. The molecule has 1 aliphatic rings. The molecule has 4 nitrogen and oxygen atoms in total. The highest BCUT2D eigenvalue weighted by Crippen LogP contribution is 2.37. The van der Waals surface area contributed by atoms with Crippen LogP contribution in [0.25, 0.3) is 11.1 Å². The summed E-state index contributed by atoms with van der Waals surface area (Å²) in [6, 6.07) is 6.94. The van der Waals surface area contributed by atoms with Gasteiger partial charge in [-0.1, -0.05) is 12.1 Å². The highest BCUT2D eigenvalue weighted by molar-refractivity contribution is 7.99. The number of sulfone groups is 1. The minimum atomic E-state index is -4.50. The molecule has 1 aromatic carbocycles. The Kier molecular flexibility index (Phi) is 5.21. The molecule has 1 aliphatic heterocycles. The predicted octanol–water partition coefficient (Wildman–Crippen LogP) is 3.72. The summed E-state index contributed by atoms with van der Waals surface area (Å²) in [4.78, 5) is 6.19. The van der Waals surface area contributed by atoms with E-state index in [4.69, 9.17) is 0 Å². The molecule has 0 atom stereocenters. The third-order valence-electron chi connectivity index (χ3n) is 4.10. The van der Waals surface area contributed by atoms with Gasteiger partial charge in [-0.25, -0.2) is 13.4 Å². The maximum Gasteiger partial charge on any atom is 0.417 e. The lowest BCUT2D eigenvalue weighted by atomic mass is 10.0. The first-order valence-electron chi connectivity index (χ1n) is 7.87. The van der Waals surface area contributed by atoms with E-state index in [0.29, 0.717) is 30.0 Å². The van der Waals surface area contributed by atoms with Gasteiger partial charge in [0.05, 0.1) is 10.5 Å². The molecular formula is C17H17F3N2O2S2. The number of aromatic nitrogens is 1. The molecule has 3 rings (SSSR count). The Bertz CT molecular complexity index is 891. The fraction of sp³-hybridized carbons (Fsp3) is 0.353. The van der Waals surface area contributed by atoms with Gasteiger partial charge in [0.2, 0.25) is 0 Å². The van der Waals surface area contributed by atoms with Crippen molar-refractivity contribution < 1.29 is 21.6 Å². The summed E-state index contributed by atoms with van der Waals surface area (Å²) >= 11 is 1.79. The Morgan fingerprint density at radius 1 is 1.12 bits per heavy atom. The van der Waals surface area contributed by atoms with Gasteiger partial charge in [-0.3, -0.25) is 0 Å².